The minimum absolute atomic E-state index is 0.0650. The highest BCUT2D eigenvalue weighted by Gasteiger charge is 2.34. The van der Waals surface area contributed by atoms with Crippen LogP contribution in [-0.2, 0) is 9.59 Å². The number of nitrogens with zero attached hydrogens (tertiary/aromatic N) is 2. The van der Waals surface area contributed by atoms with E-state index in [2.05, 4.69) is 21.2 Å². The van der Waals surface area contributed by atoms with Gasteiger partial charge in [-0.15, -0.1) is 0 Å². The number of hydrogen-bond donors (Lipinski definition) is 1. The Bertz CT molecular complexity index is 881. The third-order valence-electron chi connectivity index (χ3n) is 4.90. The minimum Gasteiger partial charge on any atom is -0.327 e. The lowest BCUT2D eigenvalue weighted by atomic mass is 10.1. The Morgan fingerprint density at radius 1 is 1.07 bits per heavy atom. The van der Waals surface area contributed by atoms with Crippen LogP contribution in [0.5, 0.6) is 0 Å². The topological polar surface area (TPSA) is 69.7 Å². The first-order valence-corrected chi connectivity index (χ1v) is 9.88. The average Bonchev–Trinajstić information content (AvgIpc) is 3.18. The zero-order valence-corrected chi connectivity index (χ0v) is 17.4. The zero-order valence-electron chi connectivity index (χ0n) is 15.8. The van der Waals surface area contributed by atoms with E-state index in [9.17, 15) is 14.4 Å². The number of likely N-dealkylation sites (tertiary alicyclic amines) is 1. The molecule has 0 bridgehead atoms. The smallest absolute Gasteiger partial charge is 0.254 e. The molecule has 1 aliphatic rings. The van der Waals surface area contributed by atoms with Crippen molar-refractivity contribution in [1.82, 2.24) is 4.90 Å². The Balaban J connectivity index is 1.68. The molecule has 3 amide bonds. The SMILES string of the molecule is CC(=O)N(C)c1ccc(NC(=O)C2CCCN2C(=O)c2ccc(Br)cc2)cc1. The van der Waals surface area contributed by atoms with Gasteiger partial charge < -0.3 is 15.1 Å². The van der Waals surface area contributed by atoms with Gasteiger partial charge in [0.1, 0.15) is 6.04 Å². The van der Waals surface area contributed by atoms with Gasteiger partial charge in [-0.05, 0) is 61.4 Å². The number of carbonyl (C=O) groups is 3. The van der Waals surface area contributed by atoms with Crippen LogP contribution in [0.25, 0.3) is 0 Å². The summed E-state index contributed by atoms with van der Waals surface area (Å²) < 4.78 is 0.902. The fourth-order valence-corrected chi connectivity index (χ4v) is 3.48. The first kappa shape index (κ1) is 20.1. The molecule has 2 aromatic rings. The van der Waals surface area contributed by atoms with Crippen molar-refractivity contribution in [3.63, 3.8) is 0 Å². The van der Waals surface area contributed by atoms with Crippen LogP contribution in [-0.4, -0.2) is 42.3 Å². The van der Waals surface area contributed by atoms with Crippen LogP contribution >= 0.6 is 15.9 Å². The van der Waals surface area contributed by atoms with E-state index in [1.54, 1.807) is 48.3 Å². The van der Waals surface area contributed by atoms with Gasteiger partial charge in [-0.2, -0.15) is 0 Å². The second kappa shape index (κ2) is 8.56. The Morgan fingerprint density at radius 3 is 2.32 bits per heavy atom. The van der Waals surface area contributed by atoms with Crippen molar-refractivity contribution in [3.8, 4) is 0 Å². The van der Waals surface area contributed by atoms with Crippen molar-refractivity contribution in [3.05, 3.63) is 58.6 Å². The summed E-state index contributed by atoms with van der Waals surface area (Å²) in [6, 6.07) is 13.7. The number of carbonyl (C=O) groups excluding carboxylic acids is 3. The number of anilines is 2. The molecule has 1 aliphatic heterocycles. The highest BCUT2D eigenvalue weighted by molar-refractivity contribution is 9.10. The van der Waals surface area contributed by atoms with Crippen molar-refractivity contribution >= 4 is 45.0 Å². The summed E-state index contributed by atoms with van der Waals surface area (Å²) in [6.45, 7) is 2.06. The summed E-state index contributed by atoms with van der Waals surface area (Å²) in [5.41, 5.74) is 1.95. The summed E-state index contributed by atoms with van der Waals surface area (Å²) in [7, 11) is 1.69. The van der Waals surface area contributed by atoms with Crippen molar-refractivity contribution < 1.29 is 14.4 Å². The second-order valence-electron chi connectivity index (χ2n) is 6.78. The molecular weight excluding hydrogens is 422 g/mol. The van der Waals surface area contributed by atoms with E-state index < -0.39 is 6.04 Å². The first-order chi connectivity index (χ1) is 13.4. The van der Waals surface area contributed by atoms with E-state index in [1.165, 1.54) is 11.8 Å². The normalized spacial score (nSPS) is 16.0. The quantitative estimate of drug-likeness (QED) is 0.783. The molecule has 1 unspecified atom stereocenters. The van der Waals surface area contributed by atoms with Gasteiger partial charge in [-0.3, -0.25) is 14.4 Å². The molecule has 0 aliphatic carbocycles. The number of rotatable bonds is 4. The lowest BCUT2D eigenvalue weighted by Crippen LogP contribution is -2.43. The van der Waals surface area contributed by atoms with Crippen LogP contribution in [0.1, 0.15) is 30.1 Å². The maximum absolute atomic E-state index is 12.8. The van der Waals surface area contributed by atoms with Gasteiger partial charge in [0.2, 0.25) is 11.8 Å². The second-order valence-corrected chi connectivity index (χ2v) is 7.69. The van der Waals surface area contributed by atoms with Gasteiger partial charge in [0, 0.05) is 41.9 Å². The molecule has 0 radical (unpaired) electrons. The van der Waals surface area contributed by atoms with E-state index in [0.717, 1.165) is 16.6 Å². The fourth-order valence-electron chi connectivity index (χ4n) is 3.22. The molecule has 0 aromatic heterocycles. The number of hydrogen-bond acceptors (Lipinski definition) is 3. The summed E-state index contributed by atoms with van der Waals surface area (Å²) in [4.78, 5) is 40.2. The molecule has 1 N–H and O–H groups in total. The van der Waals surface area contributed by atoms with Crippen molar-refractivity contribution in [2.45, 2.75) is 25.8 Å². The summed E-state index contributed by atoms with van der Waals surface area (Å²) >= 11 is 3.36. The Kier molecular flexibility index (Phi) is 6.14. The number of amides is 3. The Hall–Kier alpha value is -2.67. The van der Waals surface area contributed by atoms with Gasteiger partial charge in [0.25, 0.3) is 5.91 Å². The van der Waals surface area contributed by atoms with Gasteiger partial charge in [0.15, 0.2) is 0 Å². The van der Waals surface area contributed by atoms with Crippen LogP contribution in [0.3, 0.4) is 0 Å². The molecule has 28 heavy (non-hydrogen) atoms. The molecule has 0 spiro atoms. The molecule has 6 nitrogen and oxygen atoms in total. The van der Waals surface area contributed by atoms with Gasteiger partial charge >= 0.3 is 0 Å². The van der Waals surface area contributed by atoms with Crippen molar-refractivity contribution in [2.24, 2.45) is 0 Å². The third-order valence-corrected chi connectivity index (χ3v) is 5.43. The van der Waals surface area contributed by atoms with E-state index in [-0.39, 0.29) is 17.7 Å². The summed E-state index contributed by atoms with van der Waals surface area (Å²) in [6.07, 6.45) is 1.43. The molecular formula is C21H22BrN3O3. The molecule has 0 saturated carbocycles. The monoisotopic (exact) mass is 443 g/mol. The number of nitrogens with one attached hydrogen (secondary N) is 1. The standard InChI is InChI=1S/C21H22BrN3O3/c1-14(26)24(2)18-11-9-17(10-12-18)23-20(27)19-4-3-13-25(19)21(28)15-5-7-16(22)8-6-15/h5-12,19H,3-4,13H2,1-2H3,(H,23,27). The maximum atomic E-state index is 12.8. The molecule has 1 fully saturated rings. The summed E-state index contributed by atoms with van der Waals surface area (Å²) in [5, 5.41) is 2.88. The van der Waals surface area contributed by atoms with Crippen molar-refractivity contribution in [1.29, 1.82) is 0 Å². The molecule has 1 atom stereocenters. The predicted molar refractivity (Wildman–Crippen MR) is 112 cm³/mol. The predicted octanol–water partition coefficient (Wildman–Crippen LogP) is 3.68. The van der Waals surface area contributed by atoms with E-state index in [1.807, 2.05) is 12.1 Å². The van der Waals surface area contributed by atoms with Gasteiger partial charge in [0.05, 0.1) is 0 Å². The highest BCUT2D eigenvalue weighted by Crippen LogP contribution is 2.23. The van der Waals surface area contributed by atoms with Crippen LogP contribution in [0.4, 0.5) is 11.4 Å². The Morgan fingerprint density at radius 2 is 1.71 bits per heavy atom. The summed E-state index contributed by atoms with van der Waals surface area (Å²) in [5.74, 6) is -0.399. The third kappa shape index (κ3) is 4.42. The largest absolute Gasteiger partial charge is 0.327 e. The zero-order chi connectivity index (χ0) is 20.3. The molecule has 2 aromatic carbocycles. The van der Waals surface area contributed by atoms with Gasteiger partial charge in [-0.25, -0.2) is 0 Å². The molecule has 1 saturated heterocycles. The molecule has 3 rings (SSSR count). The maximum Gasteiger partial charge on any atom is 0.254 e. The molecule has 146 valence electrons. The Labute approximate surface area is 172 Å². The lowest BCUT2D eigenvalue weighted by molar-refractivity contribution is -0.119. The van der Waals surface area contributed by atoms with Crippen LogP contribution in [0.2, 0.25) is 0 Å². The van der Waals surface area contributed by atoms with E-state index >= 15 is 0 Å². The fraction of sp³-hybridized carbons (Fsp3) is 0.286. The average molecular weight is 444 g/mol. The number of halogens is 1. The molecule has 1 heterocycles. The van der Waals surface area contributed by atoms with Crippen LogP contribution in [0, 0.1) is 0 Å². The van der Waals surface area contributed by atoms with Gasteiger partial charge in [-0.1, -0.05) is 15.9 Å². The minimum atomic E-state index is -0.490. The van der Waals surface area contributed by atoms with Crippen LogP contribution < -0.4 is 10.2 Å². The first-order valence-electron chi connectivity index (χ1n) is 9.08. The van der Waals surface area contributed by atoms with E-state index in [4.69, 9.17) is 0 Å². The van der Waals surface area contributed by atoms with E-state index in [0.29, 0.717) is 24.2 Å². The van der Waals surface area contributed by atoms with Crippen LogP contribution in [0.15, 0.2) is 53.0 Å². The van der Waals surface area contributed by atoms with Crippen molar-refractivity contribution in [2.75, 3.05) is 23.8 Å². The highest BCUT2D eigenvalue weighted by atomic mass is 79.9. The lowest BCUT2D eigenvalue weighted by Gasteiger charge is -2.24. The number of benzene rings is 2. The molecule has 7 heteroatoms.